The summed E-state index contributed by atoms with van der Waals surface area (Å²) in [7, 11) is 1.75. The topological polar surface area (TPSA) is 71.3 Å². The van der Waals surface area contributed by atoms with E-state index in [1.165, 1.54) is 6.92 Å². The molecule has 1 aromatic rings. The van der Waals surface area contributed by atoms with Crippen LogP contribution in [0.15, 0.2) is 12.3 Å². The summed E-state index contributed by atoms with van der Waals surface area (Å²) in [5.41, 5.74) is 1.05. The van der Waals surface area contributed by atoms with Crippen LogP contribution in [0.25, 0.3) is 0 Å². The fourth-order valence-electron chi connectivity index (χ4n) is 1.87. The van der Waals surface area contributed by atoms with Gasteiger partial charge < -0.3 is 15.0 Å². The first-order chi connectivity index (χ1) is 9.06. The number of aliphatic hydroxyl groups is 1. The summed E-state index contributed by atoms with van der Waals surface area (Å²) in [6.45, 7) is 2.33. The number of hydrogen-bond donors (Lipinski definition) is 2. The lowest BCUT2D eigenvalue weighted by Gasteiger charge is -2.05. The second-order valence-corrected chi connectivity index (χ2v) is 4.67. The average molecular weight is 266 g/mol. The Bertz CT molecular complexity index is 438. The first-order valence-corrected chi connectivity index (χ1v) is 6.62. The van der Waals surface area contributed by atoms with E-state index in [0.717, 1.165) is 25.7 Å². The number of ketones is 1. The van der Waals surface area contributed by atoms with Crippen LogP contribution in [0.3, 0.4) is 0 Å². The highest BCUT2D eigenvalue weighted by molar-refractivity contribution is 5.99. The molecule has 0 saturated heterocycles. The van der Waals surface area contributed by atoms with E-state index in [2.05, 4.69) is 5.32 Å². The fraction of sp³-hybridized carbons (Fsp3) is 0.571. The van der Waals surface area contributed by atoms with Crippen molar-refractivity contribution in [2.24, 2.45) is 7.05 Å². The van der Waals surface area contributed by atoms with Crippen LogP contribution in [-0.2, 0) is 7.05 Å². The molecular formula is C14H22N2O3. The van der Waals surface area contributed by atoms with Gasteiger partial charge in [-0.2, -0.15) is 0 Å². The van der Waals surface area contributed by atoms with E-state index in [4.69, 9.17) is 5.11 Å². The number of hydrogen-bond acceptors (Lipinski definition) is 3. The summed E-state index contributed by atoms with van der Waals surface area (Å²) in [4.78, 5) is 23.1. The Balaban J connectivity index is 2.39. The van der Waals surface area contributed by atoms with Gasteiger partial charge in [0.05, 0.1) is 0 Å². The quantitative estimate of drug-likeness (QED) is 0.553. The van der Waals surface area contributed by atoms with Crippen LogP contribution in [-0.4, -0.2) is 34.5 Å². The minimum absolute atomic E-state index is 0.0429. The van der Waals surface area contributed by atoms with E-state index in [1.807, 2.05) is 0 Å². The molecule has 2 N–H and O–H groups in total. The first kappa shape index (κ1) is 15.4. The largest absolute Gasteiger partial charge is 0.396 e. The van der Waals surface area contributed by atoms with Crippen LogP contribution < -0.4 is 5.32 Å². The summed E-state index contributed by atoms with van der Waals surface area (Å²) in [5, 5.41) is 11.5. The van der Waals surface area contributed by atoms with Gasteiger partial charge in [0.25, 0.3) is 5.91 Å². The van der Waals surface area contributed by atoms with Crippen molar-refractivity contribution in [3.63, 3.8) is 0 Å². The highest BCUT2D eigenvalue weighted by Gasteiger charge is 2.12. The van der Waals surface area contributed by atoms with Crippen molar-refractivity contribution in [1.29, 1.82) is 0 Å². The summed E-state index contributed by atoms with van der Waals surface area (Å²) in [6, 6.07) is 1.61. The maximum absolute atomic E-state index is 11.9. The molecule has 0 bridgehead atoms. The molecule has 5 heteroatoms. The van der Waals surface area contributed by atoms with Crippen molar-refractivity contribution in [2.45, 2.75) is 32.6 Å². The summed E-state index contributed by atoms with van der Waals surface area (Å²) in [6.07, 6.45) is 5.35. The molecule has 1 aromatic heterocycles. The standard InChI is InChI=1S/C14H22N2O3/c1-11(18)12-9-13(16(2)10-12)14(19)15-7-5-3-4-6-8-17/h9-10,17H,3-8H2,1-2H3,(H,15,19). The average Bonchev–Trinajstić information content (AvgIpc) is 2.76. The molecule has 0 spiro atoms. The number of aromatic nitrogens is 1. The molecule has 0 aliphatic carbocycles. The second kappa shape index (κ2) is 7.74. The van der Waals surface area contributed by atoms with Gasteiger partial charge in [-0.25, -0.2) is 0 Å². The maximum Gasteiger partial charge on any atom is 0.267 e. The second-order valence-electron chi connectivity index (χ2n) is 4.67. The Labute approximate surface area is 113 Å². The van der Waals surface area contributed by atoms with Crippen molar-refractivity contribution >= 4 is 11.7 Å². The Morgan fingerprint density at radius 1 is 1.26 bits per heavy atom. The minimum Gasteiger partial charge on any atom is -0.396 e. The zero-order valence-electron chi connectivity index (χ0n) is 11.6. The lowest BCUT2D eigenvalue weighted by atomic mass is 10.2. The molecule has 5 nitrogen and oxygen atoms in total. The Morgan fingerprint density at radius 3 is 2.53 bits per heavy atom. The third-order valence-electron chi connectivity index (χ3n) is 3.01. The van der Waals surface area contributed by atoms with Crippen LogP contribution in [0.4, 0.5) is 0 Å². The van der Waals surface area contributed by atoms with Crippen LogP contribution in [0.5, 0.6) is 0 Å². The lowest BCUT2D eigenvalue weighted by molar-refractivity contribution is 0.0944. The Kier molecular flexibility index (Phi) is 6.29. The number of amides is 1. The van der Waals surface area contributed by atoms with Gasteiger partial charge in [0, 0.05) is 32.0 Å². The molecule has 1 heterocycles. The highest BCUT2D eigenvalue weighted by atomic mass is 16.2. The highest BCUT2D eigenvalue weighted by Crippen LogP contribution is 2.08. The number of carbonyl (C=O) groups excluding carboxylic acids is 2. The van der Waals surface area contributed by atoms with Crippen LogP contribution in [0, 0.1) is 0 Å². The molecule has 0 fully saturated rings. The third kappa shape index (κ3) is 4.87. The molecule has 0 saturated carbocycles. The van der Waals surface area contributed by atoms with Crippen LogP contribution in [0.2, 0.25) is 0 Å². The van der Waals surface area contributed by atoms with Gasteiger partial charge >= 0.3 is 0 Å². The van der Waals surface area contributed by atoms with E-state index in [1.54, 1.807) is 23.9 Å². The van der Waals surface area contributed by atoms with Gasteiger partial charge in [-0.1, -0.05) is 12.8 Å². The lowest BCUT2D eigenvalue weighted by Crippen LogP contribution is -2.26. The zero-order chi connectivity index (χ0) is 14.3. The van der Waals surface area contributed by atoms with Crippen molar-refractivity contribution < 1.29 is 14.7 Å². The zero-order valence-corrected chi connectivity index (χ0v) is 11.6. The molecule has 106 valence electrons. The molecule has 0 aliphatic rings. The normalized spacial score (nSPS) is 10.5. The van der Waals surface area contributed by atoms with E-state index in [-0.39, 0.29) is 18.3 Å². The SMILES string of the molecule is CC(=O)c1cc(C(=O)NCCCCCCO)n(C)c1. The molecule has 19 heavy (non-hydrogen) atoms. The summed E-state index contributed by atoms with van der Waals surface area (Å²) in [5.74, 6) is -0.198. The summed E-state index contributed by atoms with van der Waals surface area (Å²) < 4.78 is 1.66. The number of aliphatic hydroxyl groups excluding tert-OH is 1. The molecule has 1 rings (SSSR count). The Morgan fingerprint density at radius 2 is 1.95 bits per heavy atom. The van der Waals surface area contributed by atoms with Gasteiger partial charge in [0.15, 0.2) is 5.78 Å². The number of rotatable bonds is 8. The van der Waals surface area contributed by atoms with Gasteiger partial charge in [-0.15, -0.1) is 0 Å². The number of nitrogens with zero attached hydrogens (tertiary/aromatic N) is 1. The molecular weight excluding hydrogens is 244 g/mol. The molecule has 0 aliphatic heterocycles. The van der Waals surface area contributed by atoms with Gasteiger partial charge in [-0.05, 0) is 25.8 Å². The predicted octanol–water partition coefficient (Wildman–Crippen LogP) is 1.51. The predicted molar refractivity (Wildman–Crippen MR) is 73.3 cm³/mol. The van der Waals surface area contributed by atoms with Crippen LogP contribution in [0.1, 0.15) is 53.5 Å². The maximum atomic E-state index is 11.9. The molecule has 0 atom stereocenters. The number of unbranched alkanes of at least 4 members (excludes halogenated alkanes) is 3. The third-order valence-corrected chi connectivity index (χ3v) is 3.01. The van der Waals surface area contributed by atoms with Gasteiger partial charge in [0.1, 0.15) is 5.69 Å². The van der Waals surface area contributed by atoms with E-state index < -0.39 is 0 Å². The van der Waals surface area contributed by atoms with Gasteiger partial charge in [-0.3, -0.25) is 9.59 Å². The number of Topliss-reactive ketones (excluding diaryl/α,β-unsaturated/α-hetero) is 1. The van der Waals surface area contributed by atoms with Crippen molar-refractivity contribution in [3.8, 4) is 0 Å². The Hall–Kier alpha value is -1.62. The minimum atomic E-state index is -0.155. The number of aryl methyl sites for hydroxylation is 1. The first-order valence-electron chi connectivity index (χ1n) is 6.62. The van der Waals surface area contributed by atoms with Crippen molar-refractivity contribution in [2.75, 3.05) is 13.2 Å². The monoisotopic (exact) mass is 266 g/mol. The summed E-state index contributed by atoms with van der Waals surface area (Å²) >= 11 is 0. The van der Waals surface area contributed by atoms with Gasteiger partial charge in [0.2, 0.25) is 0 Å². The molecule has 0 unspecified atom stereocenters. The molecule has 1 amide bonds. The van der Waals surface area contributed by atoms with Crippen molar-refractivity contribution in [3.05, 3.63) is 23.5 Å². The molecule has 0 aromatic carbocycles. The van der Waals surface area contributed by atoms with E-state index >= 15 is 0 Å². The molecule has 0 radical (unpaired) electrons. The van der Waals surface area contributed by atoms with Crippen molar-refractivity contribution in [1.82, 2.24) is 9.88 Å². The van der Waals surface area contributed by atoms with E-state index in [9.17, 15) is 9.59 Å². The van der Waals surface area contributed by atoms with Crippen LogP contribution >= 0.6 is 0 Å². The number of carbonyl (C=O) groups is 2. The van der Waals surface area contributed by atoms with E-state index in [0.29, 0.717) is 17.8 Å². The number of nitrogens with one attached hydrogen (secondary N) is 1. The fourth-order valence-corrected chi connectivity index (χ4v) is 1.87. The smallest absolute Gasteiger partial charge is 0.267 e.